The summed E-state index contributed by atoms with van der Waals surface area (Å²) in [5.74, 6) is 0.0769. The van der Waals surface area contributed by atoms with Gasteiger partial charge in [-0.25, -0.2) is 0 Å². The molecule has 2 rings (SSSR count). The lowest BCUT2D eigenvalue weighted by Crippen LogP contribution is -2.47. The molecule has 0 bridgehead atoms. The molecule has 0 atom stereocenters. The quantitative estimate of drug-likeness (QED) is 0.853. The number of nitrogens with one attached hydrogen (secondary N) is 1. The van der Waals surface area contributed by atoms with Crippen LogP contribution in [-0.2, 0) is 4.79 Å². The minimum absolute atomic E-state index is 0.110. The van der Waals surface area contributed by atoms with Crippen molar-refractivity contribution in [3.8, 4) is 5.75 Å². The molecule has 2 aromatic rings. The van der Waals surface area contributed by atoms with E-state index in [9.17, 15) is 9.59 Å². The topological polar surface area (TPSA) is 84.4 Å². The molecule has 0 aliphatic heterocycles. The predicted molar refractivity (Wildman–Crippen MR) is 97.1 cm³/mol. The van der Waals surface area contributed by atoms with Gasteiger partial charge >= 0.3 is 0 Å². The molecule has 0 aliphatic carbocycles. The SMILES string of the molecule is CCOc1ccc(N(CC(=O)NC(C)(C)C)C(=O)c2csnn2)cc1. The highest BCUT2D eigenvalue weighted by molar-refractivity contribution is 7.03. The first-order chi connectivity index (χ1) is 11.8. The number of aromatic nitrogens is 2. The molecular formula is C17H22N4O3S. The van der Waals surface area contributed by atoms with E-state index in [-0.39, 0.29) is 29.6 Å². The van der Waals surface area contributed by atoms with Crippen LogP contribution in [0.4, 0.5) is 5.69 Å². The number of hydrogen-bond acceptors (Lipinski definition) is 6. The summed E-state index contributed by atoms with van der Waals surface area (Å²) in [6.07, 6.45) is 0. The summed E-state index contributed by atoms with van der Waals surface area (Å²) in [4.78, 5) is 26.4. The molecule has 0 radical (unpaired) electrons. The van der Waals surface area contributed by atoms with Crippen molar-refractivity contribution in [2.45, 2.75) is 33.2 Å². The number of rotatable bonds is 6. The Morgan fingerprint density at radius 3 is 2.44 bits per heavy atom. The molecule has 0 unspecified atom stereocenters. The standard InChI is InChI=1S/C17H22N4O3S/c1-5-24-13-8-6-12(7-9-13)21(10-15(22)18-17(2,3)4)16(23)14-11-25-20-19-14/h6-9,11H,5,10H2,1-4H3,(H,18,22). The van der Waals surface area contributed by atoms with Crippen molar-refractivity contribution in [2.75, 3.05) is 18.1 Å². The number of anilines is 1. The number of amides is 2. The lowest BCUT2D eigenvalue weighted by Gasteiger charge is -2.25. The lowest BCUT2D eigenvalue weighted by molar-refractivity contribution is -0.121. The van der Waals surface area contributed by atoms with Gasteiger partial charge in [-0.1, -0.05) is 4.49 Å². The number of ether oxygens (including phenoxy) is 1. The zero-order valence-electron chi connectivity index (χ0n) is 14.8. The Labute approximate surface area is 151 Å². The second kappa shape index (κ2) is 8.06. The molecule has 25 heavy (non-hydrogen) atoms. The van der Waals surface area contributed by atoms with E-state index < -0.39 is 0 Å². The van der Waals surface area contributed by atoms with Gasteiger partial charge in [0.25, 0.3) is 5.91 Å². The van der Waals surface area contributed by atoms with E-state index in [1.165, 1.54) is 4.90 Å². The summed E-state index contributed by atoms with van der Waals surface area (Å²) in [7, 11) is 0. The van der Waals surface area contributed by atoms with Crippen LogP contribution < -0.4 is 15.0 Å². The molecule has 0 saturated heterocycles. The maximum Gasteiger partial charge on any atom is 0.280 e. The van der Waals surface area contributed by atoms with Crippen LogP contribution in [0.1, 0.15) is 38.2 Å². The van der Waals surface area contributed by atoms with E-state index in [0.29, 0.717) is 18.0 Å². The van der Waals surface area contributed by atoms with Crippen molar-refractivity contribution in [3.63, 3.8) is 0 Å². The average molecular weight is 362 g/mol. The molecule has 1 heterocycles. The second-order valence-corrected chi connectivity index (χ2v) is 7.02. The van der Waals surface area contributed by atoms with Gasteiger partial charge in [0.05, 0.1) is 6.61 Å². The van der Waals surface area contributed by atoms with Crippen LogP contribution in [0, 0.1) is 0 Å². The smallest absolute Gasteiger partial charge is 0.280 e. The van der Waals surface area contributed by atoms with Gasteiger partial charge in [-0.05, 0) is 63.5 Å². The average Bonchev–Trinajstić information content (AvgIpc) is 3.06. The van der Waals surface area contributed by atoms with Crippen LogP contribution in [0.15, 0.2) is 29.6 Å². The Kier molecular flexibility index (Phi) is 6.08. The largest absolute Gasteiger partial charge is 0.494 e. The molecule has 134 valence electrons. The van der Waals surface area contributed by atoms with Crippen molar-refractivity contribution < 1.29 is 14.3 Å². The van der Waals surface area contributed by atoms with E-state index in [1.54, 1.807) is 29.6 Å². The van der Waals surface area contributed by atoms with Gasteiger partial charge in [-0.15, -0.1) is 5.10 Å². The summed E-state index contributed by atoms with van der Waals surface area (Å²) in [6, 6.07) is 7.01. The van der Waals surface area contributed by atoms with Gasteiger partial charge in [0.2, 0.25) is 5.91 Å². The number of carbonyl (C=O) groups is 2. The fourth-order valence-corrected chi connectivity index (χ4v) is 2.60. The first-order valence-electron chi connectivity index (χ1n) is 7.93. The van der Waals surface area contributed by atoms with Crippen molar-refractivity contribution in [1.82, 2.24) is 14.9 Å². The predicted octanol–water partition coefficient (Wildman–Crippen LogP) is 2.50. The Balaban J connectivity index is 2.25. The van der Waals surface area contributed by atoms with Gasteiger partial charge < -0.3 is 10.1 Å². The minimum atomic E-state index is -0.382. The van der Waals surface area contributed by atoms with E-state index >= 15 is 0 Å². The van der Waals surface area contributed by atoms with Crippen LogP contribution in [0.3, 0.4) is 0 Å². The highest BCUT2D eigenvalue weighted by Crippen LogP contribution is 2.21. The van der Waals surface area contributed by atoms with Gasteiger partial charge in [0.1, 0.15) is 12.3 Å². The normalized spacial score (nSPS) is 11.0. The maximum atomic E-state index is 12.7. The summed E-state index contributed by atoms with van der Waals surface area (Å²) in [6.45, 7) is 8.01. The van der Waals surface area contributed by atoms with Gasteiger partial charge in [-0.3, -0.25) is 14.5 Å². The van der Waals surface area contributed by atoms with Crippen LogP contribution in [0.5, 0.6) is 5.75 Å². The molecule has 1 aromatic heterocycles. The van der Waals surface area contributed by atoms with Crippen LogP contribution in [0.25, 0.3) is 0 Å². The van der Waals surface area contributed by atoms with Crippen LogP contribution in [0.2, 0.25) is 0 Å². The molecular weight excluding hydrogens is 340 g/mol. The summed E-state index contributed by atoms with van der Waals surface area (Å²) >= 11 is 1.09. The minimum Gasteiger partial charge on any atom is -0.494 e. The lowest BCUT2D eigenvalue weighted by atomic mass is 10.1. The number of hydrogen-bond donors (Lipinski definition) is 1. The molecule has 1 aromatic carbocycles. The molecule has 8 heteroatoms. The second-order valence-electron chi connectivity index (χ2n) is 6.41. The Morgan fingerprint density at radius 1 is 1.24 bits per heavy atom. The summed E-state index contributed by atoms with van der Waals surface area (Å²) < 4.78 is 9.14. The van der Waals surface area contributed by atoms with E-state index in [4.69, 9.17) is 4.74 Å². The van der Waals surface area contributed by atoms with E-state index in [0.717, 1.165) is 11.5 Å². The molecule has 0 saturated carbocycles. The summed E-state index contributed by atoms with van der Waals surface area (Å²) in [5.41, 5.74) is 0.417. The molecule has 0 aliphatic rings. The van der Waals surface area contributed by atoms with Gasteiger partial charge in [0.15, 0.2) is 5.69 Å². The Bertz CT molecular complexity index is 708. The van der Waals surface area contributed by atoms with Crippen LogP contribution >= 0.6 is 11.5 Å². The third kappa shape index (κ3) is 5.53. The first kappa shape index (κ1) is 18.9. The monoisotopic (exact) mass is 362 g/mol. The van der Waals surface area contributed by atoms with Gasteiger partial charge in [-0.2, -0.15) is 0 Å². The number of benzene rings is 1. The van der Waals surface area contributed by atoms with Crippen LogP contribution in [-0.4, -0.2) is 40.1 Å². The number of carbonyl (C=O) groups excluding carboxylic acids is 2. The molecule has 0 spiro atoms. The molecule has 7 nitrogen and oxygen atoms in total. The Hall–Kier alpha value is -2.48. The van der Waals surface area contributed by atoms with Crippen molar-refractivity contribution >= 4 is 29.0 Å². The van der Waals surface area contributed by atoms with E-state index in [1.807, 2.05) is 27.7 Å². The highest BCUT2D eigenvalue weighted by Gasteiger charge is 2.24. The van der Waals surface area contributed by atoms with Gasteiger partial charge in [0, 0.05) is 16.6 Å². The number of nitrogens with zero attached hydrogens (tertiary/aromatic N) is 3. The molecule has 0 fully saturated rings. The van der Waals surface area contributed by atoms with Crippen molar-refractivity contribution in [1.29, 1.82) is 0 Å². The fourth-order valence-electron chi connectivity index (χ4n) is 2.17. The van der Waals surface area contributed by atoms with Crippen molar-refractivity contribution in [3.05, 3.63) is 35.3 Å². The fraction of sp³-hybridized carbons (Fsp3) is 0.412. The molecule has 1 N–H and O–H groups in total. The highest BCUT2D eigenvalue weighted by atomic mass is 32.1. The third-order valence-corrected chi connectivity index (χ3v) is 3.60. The Morgan fingerprint density at radius 2 is 1.92 bits per heavy atom. The summed E-state index contributed by atoms with van der Waals surface area (Å²) in [5, 5.41) is 8.23. The maximum absolute atomic E-state index is 12.7. The zero-order chi connectivity index (χ0) is 18.4. The first-order valence-corrected chi connectivity index (χ1v) is 8.76. The zero-order valence-corrected chi connectivity index (χ0v) is 15.6. The van der Waals surface area contributed by atoms with E-state index in [2.05, 4.69) is 14.9 Å². The molecule has 2 amide bonds. The third-order valence-electron chi connectivity index (χ3n) is 3.10. The van der Waals surface area contributed by atoms with Crippen molar-refractivity contribution in [2.24, 2.45) is 0 Å².